The highest BCUT2D eigenvalue weighted by Crippen LogP contribution is 2.15. The number of amides is 1. The monoisotopic (exact) mass is 340 g/mol. The molecule has 0 bridgehead atoms. The predicted octanol–water partition coefficient (Wildman–Crippen LogP) is 2.91. The number of halogens is 1. The quantitative estimate of drug-likeness (QED) is 0.910. The summed E-state index contributed by atoms with van der Waals surface area (Å²) in [5.74, 6) is 0.511. The third-order valence-corrected chi connectivity index (χ3v) is 3.67. The molecule has 0 fully saturated rings. The molecule has 2 aromatic rings. The van der Waals surface area contributed by atoms with E-state index in [4.69, 9.17) is 4.74 Å². The third kappa shape index (κ3) is 4.65. The van der Waals surface area contributed by atoms with Crippen molar-refractivity contribution in [2.24, 2.45) is 0 Å². The van der Waals surface area contributed by atoms with Crippen LogP contribution >= 0.6 is 27.3 Å². The minimum atomic E-state index is -0.159. The van der Waals surface area contributed by atoms with Gasteiger partial charge in [0.25, 0.3) is 5.91 Å². The number of carbonyl (C=O) groups excluding carboxylic acids is 1. The van der Waals surface area contributed by atoms with E-state index in [2.05, 4.69) is 26.2 Å². The molecular weight excluding hydrogens is 328 g/mol. The topological polar surface area (TPSA) is 51.2 Å². The number of aryl methyl sites for hydroxylation is 1. The molecule has 0 aliphatic rings. The normalized spacial score (nSPS) is 10.2. The highest BCUT2D eigenvalue weighted by molar-refractivity contribution is 9.10. The smallest absolute Gasteiger partial charge is 0.258 e. The van der Waals surface area contributed by atoms with Crippen LogP contribution < -0.4 is 10.1 Å². The van der Waals surface area contributed by atoms with Crippen molar-refractivity contribution in [1.29, 1.82) is 0 Å². The van der Waals surface area contributed by atoms with Crippen molar-refractivity contribution in [3.63, 3.8) is 0 Å². The van der Waals surface area contributed by atoms with Crippen LogP contribution in [0, 0.1) is 6.92 Å². The number of nitrogens with one attached hydrogen (secondary N) is 1. The number of ether oxygens (including phenoxy) is 1. The van der Waals surface area contributed by atoms with E-state index in [1.807, 2.05) is 24.4 Å². The van der Waals surface area contributed by atoms with E-state index in [1.165, 1.54) is 0 Å². The summed E-state index contributed by atoms with van der Waals surface area (Å²) in [7, 11) is 0. The van der Waals surface area contributed by atoms with Gasteiger partial charge in [-0.3, -0.25) is 4.79 Å². The Morgan fingerprint density at radius 1 is 1.42 bits per heavy atom. The Balaban J connectivity index is 1.74. The van der Waals surface area contributed by atoms with Crippen LogP contribution in [0.1, 0.15) is 10.7 Å². The average Bonchev–Trinajstić information content (AvgIpc) is 2.81. The van der Waals surface area contributed by atoms with Crippen molar-refractivity contribution in [2.75, 3.05) is 6.61 Å². The molecule has 0 aliphatic heterocycles. The van der Waals surface area contributed by atoms with Crippen LogP contribution in [0.4, 0.5) is 0 Å². The molecule has 1 amide bonds. The minimum absolute atomic E-state index is 0.00471. The van der Waals surface area contributed by atoms with Gasteiger partial charge >= 0.3 is 0 Å². The van der Waals surface area contributed by atoms with Gasteiger partial charge in [-0.25, -0.2) is 4.98 Å². The predicted molar refractivity (Wildman–Crippen MR) is 78.3 cm³/mol. The zero-order chi connectivity index (χ0) is 13.7. The lowest BCUT2D eigenvalue weighted by Gasteiger charge is -2.06. The number of hydrogen-bond acceptors (Lipinski definition) is 4. The summed E-state index contributed by atoms with van der Waals surface area (Å²) < 4.78 is 6.34. The van der Waals surface area contributed by atoms with Crippen molar-refractivity contribution in [3.8, 4) is 5.75 Å². The van der Waals surface area contributed by atoms with Crippen molar-refractivity contribution < 1.29 is 9.53 Å². The molecule has 0 radical (unpaired) electrons. The number of hydrogen-bond donors (Lipinski definition) is 1. The molecule has 0 spiro atoms. The summed E-state index contributed by atoms with van der Waals surface area (Å²) in [6.07, 6.45) is 0. The van der Waals surface area contributed by atoms with Crippen LogP contribution in [0.5, 0.6) is 5.75 Å². The SMILES string of the molecule is Cc1nc(CNC(=O)COc2ccc(Br)cc2)cs1. The van der Waals surface area contributed by atoms with Gasteiger partial charge in [0, 0.05) is 9.85 Å². The molecule has 1 aromatic heterocycles. The summed E-state index contributed by atoms with van der Waals surface area (Å²) >= 11 is 4.91. The molecule has 2 rings (SSSR count). The Hall–Kier alpha value is -1.40. The Bertz CT molecular complexity index is 554. The van der Waals surface area contributed by atoms with Crippen LogP contribution in [-0.2, 0) is 11.3 Å². The molecule has 1 heterocycles. The lowest BCUT2D eigenvalue weighted by Crippen LogP contribution is -2.28. The maximum atomic E-state index is 11.6. The van der Waals surface area contributed by atoms with Gasteiger partial charge in [-0.15, -0.1) is 11.3 Å². The second kappa shape index (κ2) is 6.68. The molecule has 0 saturated heterocycles. The van der Waals surface area contributed by atoms with E-state index in [-0.39, 0.29) is 12.5 Å². The molecule has 0 atom stereocenters. The molecule has 4 nitrogen and oxygen atoms in total. The zero-order valence-corrected chi connectivity index (χ0v) is 12.8. The van der Waals surface area contributed by atoms with Gasteiger partial charge < -0.3 is 10.1 Å². The van der Waals surface area contributed by atoms with Crippen molar-refractivity contribution in [1.82, 2.24) is 10.3 Å². The Labute approximate surface area is 124 Å². The van der Waals surface area contributed by atoms with E-state index >= 15 is 0 Å². The van der Waals surface area contributed by atoms with Crippen molar-refractivity contribution >= 4 is 33.2 Å². The molecule has 6 heteroatoms. The fraction of sp³-hybridized carbons (Fsp3) is 0.231. The maximum absolute atomic E-state index is 11.6. The van der Waals surface area contributed by atoms with Gasteiger partial charge in [0.1, 0.15) is 5.75 Å². The van der Waals surface area contributed by atoms with E-state index in [0.29, 0.717) is 12.3 Å². The van der Waals surface area contributed by atoms with E-state index in [0.717, 1.165) is 15.2 Å². The highest BCUT2D eigenvalue weighted by Gasteiger charge is 2.04. The molecule has 0 saturated carbocycles. The number of nitrogens with zero attached hydrogens (tertiary/aromatic N) is 1. The van der Waals surface area contributed by atoms with E-state index in [1.54, 1.807) is 23.5 Å². The highest BCUT2D eigenvalue weighted by atomic mass is 79.9. The van der Waals surface area contributed by atoms with Crippen molar-refractivity contribution in [3.05, 3.63) is 44.8 Å². The van der Waals surface area contributed by atoms with Crippen LogP contribution in [0.25, 0.3) is 0 Å². The summed E-state index contributed by atoms with van der Waals surface area (Å²) in [6.45, 7) is 2.38. The average molecular weight is 341 g/mol. The third-order valence-electron chi connectivity index (χ3n) is 2.32. The minimum Gasteiger partial charge on any atom is -0.484 e. The molecular formula is C13H13BrN2O2S. The van der Waals surface area contributed by atoms with Gasteiger partial charge in [0.15, 0.2) is 6.61 Å². The summed E-state index contributed by atoms with van der Waals surface area (Å²) in [5.41, 5.74) is 0.875. The Kier molecular flexibility index (Phi) is 4.93. The number of carbonyl (C=O) groups is 1. The number of thiazole rings is 1. The Morgan fingerprint density at radius 2 is 2.16 bits per heavy atom. The lowest BCUT2D eigenvalue weighted by molar-refractivity contribution is -0.123. The molecule has 19 heavy (non-hydrogen) atoms. The van der Waals surface area contributed by atoms with Gasteiger partial charge in [0.05, 0.1) is 17.2 Å². The fourth-order valence-corrected chi connectivity index (χ4v) is 2.29. The second-order valence-electron chi connectivity index (χ2n) is 3.88. The first-order valence-corrected chi connectivity index (χ1v) is 7.37. The summed E-state index contributed by atoms with van der Waals surface area (Å²) in [6, 6.07) is 7.35. The Morgan fingerprint density at radius 3 is 2.79 bits per heavy atom. The largest absolute Gasteiger partial charge is 0.484 e. The lowest BCUT2D eigenvalue weighted by atomic mass is 10.3. The van der Waals surface area contributed by atoms with Crippen molar-refractivity contribution in [2.45, 2.75) is 13.5 Å². The van der Waals surface area contributed by atoms with Gasteiger partial charge in [-0.05, 0) is 31.2 Å². The second-order valence-corrected chi connectivity index (χ2v) is 5.86. The van der Waals surface area contributed by atoms with Gasteiger partial charge in [0.2, 0.25) is 0 Å². The number of rotatable bonds is 5. The van der Waals surface area contributed by atoms with Crippen LogP contribution in [0.15, 0.2) is 34.1 Å². The zero-order valence-electron chi connectivity index (χ0n) is 10.4. The standard InChI is InChI=1S/C13H13BrN2O2S/c1-9-16-11(8-19-9)6-15-13(17)7-18-12-4-2-10(14)3-5-12/h2-5,8H,6-7H2,1H3,(H,15,17). The van der Waals surface area contributed by atoms with Crippen LogP contribution in [0.2, 0.25) is 0 Å². The molecule has 100 valence electrons. The first kappa shape index (κ1) is 14.0. The molecule has 0 aliphatic carbocycles. The van der Waals surface area contributed by atoms with E-state index in [9.17, 15) is 4.79 Å². The van der Waals surface area contributed by atoms with Gasteiger partial charge in [-0.2, -0.15) is 0 Å². The van der Waals surface area contributed by atoms with Crippen LogP contribution in [0.3, 0.4) is 0 Å². The maximum Gasteiger partial charge on any atom is 0.258 e. The van der Waals surface area contributed by atoms with E-state index < -0.39 is 0 Å². The first-order chi connectivity index (χ1) is 9.13. The summed E-state index contributed by atoms with van der Waals surface area (Å²) in [5, 5.41) is 5.70. The van der Waals surface area contributed by atoms with Gasteiger partial charge in [-0.1, -0.05) is 15.9 Å². The first-order valence-electron chi connectivity index (χ1n) is 5.69. The van der Waals surface area contributed by atoms with Crippen LogP contribution in [-0.4, -0.2) is 17.5 Å². The number of benzene rings is 1. The molecule has 0 unspecified atom stereocenters. The number of aromatic nitrogens is 1. The summed E-state index contributed by atoms with van der Waals surface area (Å²) in [4.78, 5) is 15.9. The molecule has 1 N–H and O–H groups in total. The molecule has 1 aromatic carbocycles. The fourth-order valence-electron chi connectivity index (χ4n) is 1.41.